The first kappa shape index (κ1) is 12.8. The first-order valence-electron chi connectivity index (χ1n) is 7.15. The van der Waals surface area contributed by atoms with Crippen molar-refractivity contribution in [3.05, 3.63) is 24.0 Å². The first-order valence-corrected chi connectivity index (χ1v) is 7.15. The number of pyridine rings is 1. The number of aliphatic hydroxyl groups excluding tert-OH is 1. The molecule has 0 radical (unpaired) electrons. The number of nitrogens with one attached hydrogen (secondary N) is 2. The summed E-state index contributed by atoms with van der Waals surface area (Å²) < 4.78 is 0. The van der Waals surface area contributed by atoms with E-state index < -0.39 is 0 Å². The molecule has 3 N–H and O–H groups in total. The molecule has 19 heavy (non-hydrogen) atoms. The topological polar surface area (TPSA) is 60.4 Å². The molecule has 0 amide bonds. The molecule has 3 rings (SSSR count). The Balaban J connectivity index is 1.78. The van der Waals surface area contributed by atoms with E-state index in [1.807, 2.05) is 6.20 Å². The van der Waals surface area contributed by atoms with Crippen molar-refractivity contribution >= 4 is 5.69 Å². The van der Waals surface area contributed by atoms with E-state index in [-0.39, 0.29) is 12.0 Å². The van der Waals surface area contributed by atoms with Gasteiger partial charge < -0.3 is 20.6 Å². The lowest BCUT2D eigenvalue weighted by molar-refractivity contribution is 0.112. The van der Waals surface area contributed by atoms with Crippen LogP contribution in [0.25, 0.3) is 0 Å². The van der Waals surface area contributed by atoms with E-state index in [2.05, 4.69) is 32.7 Å². The molecule has 3 heterocycles. The van der Waals surface area contributed by atoms with Crippen LogP contribution in [0.2, 0.25) is 0 Å². The van der Waals surface area contributed by atoms with Gasteiger partial charge in [0, 0.05) is 56.2 Å². The van der Waals surface area contributed by atoms with Crippen LogP contribution in [-0.4, -0.2) is 55.5 Å². The number of aliphatic hydroxyl groups is 1. The molecule has 5 nitrogen and oxygen atoms in total. The smallest absolute Gasteiger partial charge is 0.0648 e. The molecule has 2 unspecified atom stereocenters. The van der Waals surface area contributed by atoms with E-state index in [1.54, 1.807) is 0 Å². The largest absolute Gasteiger partial charge is 0.392 e. The molecule has 2 fully saturated rings. The van der Waals surface area contributed by atoms with Crippen LogP contribution in [0.4, 0.5) is 5.69 Å². The van der Waals surface area contributed by atoms with E-state index in [4.69, 9.17) is 0 Å². The van der Waals surface area contributed by atoms with Crippen LogP contribution in [-0.2, 0) is 0 Å². The van der Waals surface area contributed by atoms with Crippen LogP contribution in [0, 0.1) is 0 Å². The van der Waals surface area contributed by atoms with Gasteiger partial charge in [-0.3, -0.25) is 4.98 Å². The van der Waals surface area contributed by atoms with Crippen molar-refractivity contribution in [2.75, 3.05) is 44.2 Å². The van der Waals surface area contributed by atoms with E-state index in [0.29, 0.717) is 0 Å². The number of piperazine rings is 1. The van der Waals surface area contributed by atoms with Crippen LogP contribution in [0.5, 0.6) is 0 Å². The van der Waals surface area contributed by atoms with Gasteiger partial charge in [-0.2, -0.15) is 0 Å². The molecule has 2 aliphatic rings. The summed E-state index contributed by atoms with van der Waals surface area (Å²) in [4.78, 5) is 6.85. The third kappa shape index (κ3) is 2.88. The second-order valence-electron chi connectivity index (χ2n) is 5.34. The monoisotopic (exact) mass is 262 g/mol. The minimum Gasteiger partial charge on any atom is -0.392 e. The Bertz CT molecular complexity index is 420. The summed E-state index contributed by atoms with van der Waals surface area (Å²) in [6, 6.07) is 4.21. The highest BCUT2D eigenvalue weighted by molar-refractivity contribution is 5.47. The number of hydrogen-bond donors (Lipinski definition) is 3. The lowest BCUT2D eigenvalue weighted by Gasteiger charge is -2.31. The third-order valence-electron chi connectivity index (χ3n) is 4.07. The maximum absolute atomic E-state index is 10.1. The van der Waals surface area contributed by atoms with E-state index in [1.165, 1.54) is 5.69 Å². The Morgan fingerprint density at radius 1 is 1.21 bits per heavy atom. The molecule has 0 saturated carbocycles. The van der Waals surface area contributed by atoms with Crippen molar-refractivity contribution in [1.82, 2.24) is 15.6 Å². The third-order valence-corrected chi connectivity index (χ3v) is 4.07. The lowest BCUT2D eigenvalue weighted by Crippen LogP contribution is -2.43. The summed E-state index contributed by atoms with van der Waals surface area (Å²) in [5.74, 6) is 0.122. The zero-order chi connectivity index (χ0) is 13.1. The number of hydrogen-bond acceptors (Lipinski definition) is 5. The van der Waals surface area contributed by atoms with Crippen LogP contribution < -0.4 is 15.5 Å². The van der Waals surface area contributed by atoms with Crippen LogP contribution in [0.15, 0.2) is 18.3 Å². The zero-order valence-corrected chi connectivity index (χ0v) is 11.2. The summed E-state index contributed by atoms with van der Waals surface area (Å²) >= 11 is 0. The molecule has 104 valence electrons. The van der Waals surface area contributed by atoms with Crippen molar-refractivity contribution in [2.24, 2.45) is 0 Å². The Hall–Kier alpha value is -1.17. The fourth-order valence-corrected chi connectivity index (χ4v) is 2.91. The van der Waals surface area contributed by atoms with Crippen LogP contribution in [0.3, 0.4) is 0 Å². The normalized spacial score (nSPS) is 28.4. The molecule has 5 heteroatoms. The molecule has 2 saturated heterocycles. The standard InChI is InChI=1S/C14H22N4O/c19-14-2-3-16-10-12(14)13-9-11(1-4-17-13)18-7-5-15-6-8-18/h1,4,9,12,14-16,19H,2-3,5-8,10H2. The molecular formula is C14H22N4O. The summed E-state index contributed by atoms with van der Waals surface area (Å²) in [6.45, 7) is 5.86. The number of rotatable bonds is 2. The van der Waals surface area contributed by atoms with Gasteiger partial charge in [-0.15, -0.1) is 0 Å². The second kappa shape index (κ2) is 5.86. The lowest BCUT2D eigenvalue weighted by atomic mass is 9.92. The van der Waals surface area contributed by atoms with Crippen molar-refractivity contribution in [3.8, 4) is 0 Å². The Morgan fingerprint density at radius 2 is 2.05 bits per heavy atom. The molecule has 0 spiro atoms. The Morgan fingerprint density at radius 3 is 2.84 bits per heavy atom. The quantitative estimate of drug-likeness (QED) is 0.696. The molecule has 0 bridgehead atoms. The highest BCUT2D eigenvalue weighted by atomic mass is 16.3. The van der Waals surface area contributed by atoms with E-state index in [0.717, 1.165) is 51.4 Å². The van der Waals surface area contributed by atoms with Crippen molar-refractivity contribution in [2.45, 2.75) is 18.4 Å². The summed E-state index contributed by atoms with van der Waals surface area (Å²) in [5.41, 5.74) is 2.24. The predicted molar refractivity (Wildman–Crippen MR) is 75.6 cm³/mol. The van der Waals surface area contributed by atoms with Gasteiger partial charge in [0.05, 0.1) is 6.10 Å². The Labute approximate surface area is 114 Å². The fraction of sp³-hybridized carbons (Fsp3) is 0.643. The van der Waals surface area contributed by atoms with Gasteiger partial charge in [-0.05, 0) is 25.1 Å². The molecule has 0 aromatic carbocycles. The van der Waals surface area contributed by atoms with Gasteiger partial charge in [0.2, 0.25) is 0 Å². The average Bonchev–Trinajstić information content (AvgIpc) is 2.49. The van der Waals surface area contributed by atoms with E-state index >= 15 is 0 Å². The SMILES string of the molecule is OC1CCNCC1c1cc(N2CCNCC2)ccn1. The molecule has 1 aromatic rings. The minimum absolute atomic E-state index is 0.122. The zero-order valence-electron chi connectivity index (χ0n) is 11.2. The van der Waals surface area contributed by atoms with Gasteiger partial charge in [-0.25, -0.2) is 0 Å². The van der Waals surface area contributed by atoms with Crippen molar-refractivity contribution < 1.29 is 5.11 Å². The maximum Gasteiger partial charge on any atom is 0.0648 e. The Kier molecular flexibility index (Phi) is 3.96. The summed E-state index contributed by atoms with van der Waals surface area (Å²) in [6.07, 6.45) is 2.41. The van der Waals surface area contributed by atoms with Crippen LogP contribution in [0.1, 0.15) is 18.0 Å². The predicted octanol–water partition coefficient (Wildman–Crippen LogP) is -0.0710. The van der Waals surface area contributed by atoms with Gasteiger partial charge >= 0.3 is 0 Å². The van der Waals surface area contributed by atoms with Gasteiger partial charge in [0.25, 0.3) is 0 Å². The molecule has 0 aliphatic carbocycles. The molecule has 2 aliphatic heterocycles. The number of aromatic nitrogens is 1. The van der Waals surface area contributed by atoms with Gasteiger partial charge in [0.15, 0.2) is 0 Å². The van der Waals surface area contributed by atoms with E-state index in [9.17, 15) is 5.11 Å². The molecular weight excluding hydrogens is 240 g/mol. The molecule has 2 atom stereocenters. The maximum atomic E-state index is 10.1. The first-order chi connectivity index (χ1) is 9.34. The summed E-state index contributed by atoms with van der Waals surface area (Å²) in [7, 11) is 0. The van der Waals surface area contributed by atoms with Gasteiger partial charge in [0.1, 0.15) is 0 Å². The highest BCUT2D eigenvalue weighted by Gasteiger charge is 2.26. The van der Waals surface area contributed by atoms with Crippen molar-refractivity contribution in [1.29, 1.82) is 0 Å². The number of anilines is 1. The second-order valence-corrected chi connectivity index (χ2v) is 5.34. The highest BCUT2D eigenvalue weighted by Crippen LogP contribution is 2.25. The van der Waals surface area contributed by atoms with Crippen molar-refractivity contribution in [3.63, 3.8) is 0 Å². The number of nitrogens with zero attached hydrogens (tertiary/aromatic N) is 2. The van der Waals surface area contributed by atoms with Crippen LogP contribution >= 0.6 is 0 Å². The molecule has 1 aromatic heterocycles. The van der Waals surface area contributed by atoms with Gasteiger partial charge in [-0.1, -0.05) is 0 Å². The fourth-order valence-electron chi connectivity index (χ4n) is 2.91. The minimum atomic E-state index is -0.271. The number of piperidine rings is 1. The average molecular weight is 262 g/mol. The summed E-state index contributed by atoms with van der Waals surface area (Å²) in [5, 5.41) is 16.8.